The molecule has 0 amide bonds. The van der Waals surface area contributed by atoms with Gasteiger partial charge in [-0.15, -0.1) is 6.58 Å². The van der Waals surface area contributed by atoms with E-state index >= 15 is 0 Å². The molecule has 0 aromatic heterocycles. The molecule has 0 heterocycles. The first-order chi connectivity index (χ1) is 5.36. The number of rotatable bonds is 3. The van der Waals surface area contributed by atoms with Crippen molar-refractivity contribution < 1.29 is 0 Å². The van der Waals surface area contributed by atoms with Crippen molar-refractivity contribution in [3.8, 4) is 0 Å². The summed E-state index contributed by atoms with van der Waals surface area (Å²) in [4.78, 5) is 0. The third kappa shape index (κ3) is 2.52. The minimum absolute atomic E-state index is 0.509. The summed E-state index contributed by atoms with van der Waals surface area (Å²) in [6, 6.07) is 8.42. The van der Waals surface area contributed by atoms with E-state index in [2.05, 4.69) is 30.8 Å². The van der Waals surface area contributed by atoms with Crippen LogP contribution in [0.5, 0.6) is 0 Å². The lowest BCUT2D eigenvalue weighted by Crippen LogP contribution is -2.08. The van der Waals surface area contributed by atoms with E-state index in [1.54, 1.807) is 0 Å². The smallest absolute Gasteiger partial charge is 0.155 e. The van der Waals surface area contributed by atoms with Gasteiger partial charge in [0.15, 0.2) is 8.83 Å². The fourth-order valence-corrected chi connectivity index (χ4v) is 2.07. The fourth-order valence-electron chi connectivity index (χ4n) is 1.01. The molecule has 0 saturated heterocycles. The molecule has 0 aliphatic carbocycles. The van der Waals surface area contributed by atoms with Crippen LogP contribution in [0.3, 0.4) is 0 Å². The van der Waals surface area contributed by atoms with Crippen molar-refractivity contribution in [1.82, 2.24) is 0 Å². The van der Waals surface area contributed by atoms with Crippen LogP contribution in [-0.2, 0) is 6.42 Å². The lowest BCUT2D eigenvalue weighted by atomic mass is 10.1. The maximum atomic E-state index is 5.81. The van der Waals surface area contributed by atoms with E-state index in [1.807, 2.05) is 6.08 Å². The molecule has 0 bridgehead atoms. The molecule has 0 radical (unpaired) electrons. The lowest BCUT2D eigenvalue weighted by molar-refractivity contribution is 1.29. The largest absolute Gasteiger partial charge is 0.170 e. The minimum atomic E-state index is -0.509. The van der Waals surface area contributed by atoms with Crippen LogP contribution in [0.1, 0.15) is 5.56 Å². The summed E-state index contributed by atoms with van der Waals surface area (Å²) in [5.41, 5.74) is 1.31. The molecule has 0 saturated carbocycles. The van der Waals surface area contributed by atoms with E-state index in [0.717, 1.165) is 6.42 Å². The number of hydrogen-bond donors (Lipinski definition) is 0. The third-order valence-corrected chi connectivity index (χ3v) is 3.20. The van der Waals surface area contributed by atoms with Gasteiger partial charge in [0, 0.05) is 0 Å². The second-order valence-corrected chi connectivity index (χ2v) is 4.33. The van der Waals surface area contributed by atoms with Crippen molar-refractivity contribution in [3.05, 3.63) is 42.5 Å². The average molecular weight is 183 g/mol. The average Bonchev–Trinajstić information content (AvgIpc) is 2.06. The fraction of sp³-hybridized carbons (Fsp3) is 0.111. The Kier molecular flexibility index (Phi) is 3.40. The van der Waals surface area contributed by atoms with Gasteiger partial charge in [0.1, 0.15) is 0 Å². The molecule has 0 unspecified atom stereocenters. The van der Waals surface area contributed by atoms with Crippen molar-refractivity contribution in [1.29, 1.82) is 0 Å². The van der Waals surface area contributed by atoms with Crippen LogP contribution in [0.4, 0.5) is 0 Å². The molecular weight excluding hydrogens is 172 g/mol. The Hall–Kier alpha value is -0.533. The first kappa shape index (κ1) is 8.56. The molecule has 58 valence electrons. The van der Waals surface area contributed by atoms with Crippen LogP contribution >= 0.6 is 11.1 Å². The van der Waals surface area contributed by atoms with Gasteiger partial charge < -0.3 is 0 Å². The molecule has 1 aromatic carbocycles. The van der Waals surface area contributed by atoms with Crippen LogP contribution in [0, 0.1) is 0 Å². The normalized spacial score (nSPS) is 10.6. The van der Waals surface area contributed by atoms with Crippen LogP contribution in [0.25, 0.3) is 0 Å². The molecular formula is C9H11ClSi. The van der Waals surface area contributed by atoms with E-state index < -0.39 is 8.83 Å². The van der Waals surface area contributed by atoms with Gasteiger partial charge in [-0.3, -0.25) is 0 Å². The van der Waals surface area contributed by atoms with Gasteiger partial charge in [-0.1, -0.05) is 30.3 Å². The van der Waals surface area contributed by atoms with Crippen molar-refractivity contribution in [2.75, 3.05) is 0 Å². The van der Waals surface area contributed by atoms with Gasteiger partial charge in [-0.25, -0.2) is 0 Å². The van der Waals surface area contributed by atoms with Crippen molar-refractivity contribution in [2.24, 2.45) is 0 Å². The van der Waals surface area contributed by atoms with E-state index in [9.17, 15) is 0 Å². The quantitative estimate of drug-likeness (QED) is 0.376. The summed E-state index contributed by atoms with van der Waals surface area (Å²) < 4.78 is 0. The van der Waals surface area contributed by atoms with Gasteiger partial charge in [0.05, 0.1) is 0 Å². The van der Waals surface area contributed by atoms with Gasteiger partial charge in [0.25, 0.3) is 0 Å². The maximum Gasteiger partial charge on any atom is 0.155 e. The van der Waals surface area contributed by atoms with Crippen molar-refractivity contribution >= 4 is 25.1 Å². The van der Waals surface area contributed by atoms with E-state index in [0.29, 0.717) is 0 Å². The van der Waals surface area contributed by atoms with Gasteiger partial charge in [-0.05, 0) is 17.2 Å². The summed E-state index contributed by atoms with van der Waals surface area (Å²) in [6.07, 6.45) is 2.86. The zero-order valence-corrected chi connectivity index (χ0v) is 8.56. The third-order valence-electron chi connectivity index (χ3n) is 1.53. The standard InChI is InChI=1S/C9H11ClSi/c1-2-4-8-5-3-6-9(7-8)11-10/h2-3,5-7H,1,4,11H2. The molecule has 1 aromatic rings. The maximum absolute atomic E-state index is 5.81. The Bertz CT molecular complexity index is 245. The summed E-state index contributed by atoms with van der Waals surface area (Å²) in [5, 5.41) is 1.31. The molecule has 0 nitrogen and oxygen atoms in total. The zero-order valence-electron chi connectivity index (χ0n) is 6.39. The second kappa shape index (κ2) is 4.37. The number of allylic oxidation sites excluding steroid dienone is 1. The highest BCUT2D eigenvalue weighted by atomic mass is 35.6. The predicted octanol–water partition coefficient (Wildman–Crippen LogP) is 1.36. The summed E-state index contributed by atoms with van der Waals surface area (Å²) in [6.45, 7) is 3.69. The molecule has 0 N–H and O–H groups in total. The zero-order chi connectivity index (χ0) is 8.10. The van der Waals surface area contributed by atoms with Gasteiger partial charge in [-0.2, -0.15) is 11.1 Å². The highest BCUT2D eigenvalue weighted by Gasteiger charge is 1.92. The molecule has 0 fully saturated rings. The first-order valence-electron chi connectivity index (χ1n) is 3.61. The summed E-state index contributed by atoms with van der Waals surface area (Å²) in [7, 11) is -0.509. The molecule has 2 heteroatoms. The summed E-state index contributed by atoms with van der Waals surface area (Å²) in [5.74, 6) is 0. The highest BCUT2D eigenvalue weighted by molar-refractivity contribution is 7.01. The topological polar surface area (TPSA) is 0 Å². The van der Waals surface area contributed by atoms with Crippen LogP contribution in [0.15, 0.2) is 36.9 Å². The molecule has 11 heavy (non-hydrogen) atoms. The Morgan fingerprint density at radius 1 is 1.55 bits per heavy atom. The Balaban J connectivity index is 2.82. The van der Waals surface area contributed by atoms with Crippen molar-refractivity contribution in [2.45, 2.75) is 6.42 Å². The van der Waals surface area contributed by atoms with Crippen LogP contribution in [-0.4, -0.2) is 8.83 Å². The number of benzene rings is 1. The molecule has 0 atom stereocenters. The SMILES string of the molecule is C=CCc1cccc([SiH2]Cl)c1. The number of halogens is 1. The predicted molar refractivity (Wildman–Crippen MR) is 54.4 cm³/mol. The molecule has 0 aliphatic rings. The lowest BCUT2D eigenvalue weighted by Gasteiger charge is -1.98. The molecule has 1 rings (SSSR count). The summed E-state index contributed by atoms with van der Waals surface area (Å²) >= 11 is 5.81. The first-order valence-corrected chi connectivity index (χ1v) is 6.46. The van der Waals surface area contributed by atoms with Gasteiger partial charge >= 0.3 is 0 Å². The minimum Gasteiger partial charge on any atom is -0.170 e. The van der Waals surface area contributed by atoms with Crippen molar-refractivity contribution in [3.63, 3.8) is 0 Å². The Morgan fingerprint density at radius 2 is 2.36 bits per heavy atom. The molecule has 0 aliphatic heterocycles. The Labute approximate surface area is 74.4 Å². The monoisotopic (exact) mass is 182 g/mol. The van der Waals surface area contributed by atoms with E-state index in [1.165, 1.54) is 10.8 Å². The van der Waals surface area contributed by atoms with Crippen LogP contribution in [0.2, 0.25) is 0 Å². The van der Waals surface area contributed by atoms with E-state index in [-0.39, 0.29) is 0 Å². The second-order valence-electron chi connectivity index (χ2n) is 2.45. The Morgan fingerprint density at radius 3 is 3.00 bits per heavy atom. The number of hydrogen-bond acceptors (Lipinski definition) is 0. The van der Waals surface area contributed by atoms with Gasteiger partial charge in [0.2, 0.25) is 0 Å². The molecule has 0 spiro atoms. The highest BCUT2D eigenvalue weighted by Crippen LogP contribution is 1.98. The van der Waals surface area contributed by atoms with E-state index in [4.69, 9.17) is 11.1 Å². The van der Waals surface area contributed by atoms with Crippen LogP contribution < -0.4 is 5.19 Å².